The van der Waals surface area contributed by atoms with Gasteiger partial charge in [0.05, 0.1) is 0 Å². The lowest BCUT2D eigenvalue weighted by Gasteiger charge is -2.30. The Morgan fingerprint density at radius 3 is 2.11 bits per heavy atom. The molecule has 0 fully saturated rings. The molecule has 0 amide bonds. The Labute approximate surface area is 120 Å². The first-order valence-electron chi connectivity index (χ1n) is 8.45. The molecule has 1 aliphatic rings. The van der Waals surface area contributed by atoms with Crippen molar-refractivity contribution in [3.05, 3.63) is 12.4 Å². The Hall–Kier alpha value is -0.660. The maximum absolute atomic E-state index is 2.55. The molecule has 1 rings (SSSR count). The fraction of sp³-hybridized carbons (Fsp3) is 0.882. The van der Waals surface area contributed by atoms with Crippen LogP contribution in [0.1, 0.15) is 78.1 Å². The summed E-state index contributed by atoms with van der Waals surface area (Å²) < 4.78 is 0. The van der Waals surface area contributed by atoms with Crippen molar-refractivity contribution < 1.29 is 0 Å². The van der Waals surface area contributed by atoms with Crippen molar-refractivity contribution in [2.24, 2.45) is 0 Å². The van der Waals surface area contributed by atoms with E-state index in [0.29, 0.717) is 6.17 Å². The van der Waals surface area contributed by atoms with Crippen LogP contribution in [0.15, 0.2) is 12.4 Å². The molecule has 1 unspecified atom stereocenters. The van der Waals surface area contributed by atoms with Gasteiger partial charge in [-0.25, -0.2) is 0 Å². The van der Waals surface area contributed by atoms with Crippen molar-refractivity contribution in [1.82, 2.24) is 9.80 Å². The summed E-state index contributed by atoms with van der Waals surface area (Å²) in [7, 11) is 2.22. The minimum atomic E-state index is 0.628. The lowest BCUT2D eigenvalue weighted by Crippen LogP contribution is -2.37. The van der Waals surface area contributed by atoms with E-state index < -0.39 is 0 Å². The molecule has 0 spiro atoms. The van der Waals surface area contributed by atoms with Gasteiger partial charge in [0, 0.05) is 26.0 Å². The van der Waals surface area contributed by atoms with Crippen LogP contribution in [-0.4, -0.2) is 29.6 Å². The second-order valence-corrected chi connectivity index (χ2v) is 5.95. The fourth-order valence-electron chi connectivity index (χ4n) is 2.87. The van der Waals surface area contributed by atoms with E-state index in [-0.39, 0.29) is 0 Å². The molecule has 0 saturated carbocycles. The molecule has 112 valence electrons. The molecule has 0 aromatic carbocycles. The van der Waals surface area contributed by atoms with Gasteiger partial charge in [0.25, 0.3) is 0 Å². The van der Waals surface area contributed by atoms with E-state index in [9.17, 15) is 0 Å². The maximum atomic E-state index is 2.55. The van der Waals surface area contributed by atoms with Gasteiger partial charge in [-0.1, -0.05) is 58.8 Å². The number of hydrogen-bond donors (Lipinski definition) is 0. The average Bonchev–Trinajstić information content (AvgIpc) is 2.76. The minimum Gasteiger partial charge on any atom is -0.359 e. The van der Waals surface area contributed by atoms with Crippen LogP contribution in [0.4, 0.5) is 0 Å². The zero-order chi connectivity index (χ0) is 13.9. The zero-order valence-electron chi connectivity index (χ0n) is 13.4. The van der Waals surface area contributed by atoms with Crippen molar-refractivity contribution >= 4 is 0 Å². The van der Waals surface area contributed by atoms with Crippen molar-refractivity contribution in [3.8, 4) is 0 Å². The van der Waals surface area contributed by atoms with Gasteiger partial charge in [-0.3, -0.25) is 0 Å². The van der Waals surface area contributed by atoms with E-state index in [1.165, 1.54) is 70.8 Å². The summed E-state index contributed by atoms with van der Waals surface area (Å²) in [5.74, 6) is 0. The highest BCUT2D eigenvalue weighted by molar-refractivity contribution is 4.95. The van der Waals surface area contributed by atoms with E-state index in [0.717, 1.165) is 0 Å². The van der Waals surface area contributed by atoms with E-state index >= 15 is 0 Å². The molecule has 2 nitrogen and oxygen atoms in total. The molecular formula is C17H34N2. The minimum absolute atomic E-state index is 0.628. The summed E-state index contributed by atoms with van der Waals surface area (Å²) in [5.41, 5.74) is 0. The smallest absolute Gasteiger partial charge is 0.100 e. The van der Waals surface area contributed by atoms with Crippen LogP contribution in [0.25, 0.3) is 0 Å². The second-order valence-electron chi connectivity index (χ2n) is 5.95. The third-order valence-electron chi connectivity index (χ3n) is 4.18. The summed E-state index contributed by atoms with van der Waals surface area (Å²) in [4.78, 5) is 4.94. The van der Waals surface area contributed by atoms with E-state index in [4.69, 9.17) is 0 Å². The van der Waals surface area contributed by atoms with E-state index in [1.807, 2.05) is 0 Å². The normalized spacial score (nSPS) is 18.6. The highest BCUT2D eigenvalue weighted by Gasteiger charge is 2.22. The average molecular weight is 266 g/mol. The molecule has 19 heavy (non-hydrogen) atoms. The van der Waals surface area contributed by atoms with Gasteiger partial charge in [0.1, 0.15) is 6.17 Å². The van der Waals surface area contributed by atoms with Crippen LogP contribution in [0, 0.1) is 0 Å². The maximum Gasteiger partial charge on any atom is 0.100 e. The molecule has 0 bridgehead atoms. The molecule has 1 aliphatic heterocycles. The summed E-state index contributed by atoms with van der Waals surface area (Å²) in [5, 5.41) is 0. The van der Waals surface area contributed by atoms with Gasteiger partial charge in [-0.15, -0.1) is 0 Å². The zero-order valence-corrected chi connectivity index (χ0v) is 13.4. The first-order chi connectivity index (χ1) is 9.29. The molecule has 0 radical (unpaired) electrons. The standard InChI is InChI=1S/C17H34N2/c1-4-6-8-10-12-14-19-16-15-18(3)17(19)13-11-9-7-5-2/h15-17H,4-14H2,1-3H3. The summed E-state index contributed by atoms with van der Waals surface area (Å²) in [6.07, 6.45) is 18.9. The lowest BCUT2D eigenvalue weighted by molar-refractivity contribution is 0.159. The number of nitrogens with zero attached hydrogens (tertiary/aromatic N) is 2. The molecule has 0 aromatic heterocycles. The van der Waals surface area contributed by atoms with Gasteiger partial charge in [0.2, 0.25) is 0 Å². The summed E-state index contributed by atoms with van der Waals surface area (Å²) >= 11 is 0. The van der Waals surface area contributed by atoms with Gasteiger partial charge < -0.3 is 9.80 Å². The van der Waals surface area contributed by atoms with Crippen LogP contribution in [0.2, 0.25) is 0 Å². The Morgan fingerprint density at radius 1 is 0.789 bits per heavy atom. The van der Waals surface area contributed by atoms with E-state index in [2.05, 4.69) is 43.1 Å². The van der Waals surface area contributed by atoms with Crippen LogP contribution in [0.5, 0.6) is 0 Å². The quantitative estimate of drug-likeness (QED) is 0.487. The van der Waals surface area contributed by atoms with Crippen molar-refractivity contribution in [3.63, 3.8) is 0 Å². The second kappa shape index (κ2) is 10.2. The molecule has 1 heterocycles. The molecule has 0 aromatic rings. The third kappa shape index (κ3) is 6.35. The predicted molar refractivity (Wildman–Crippen MR) is 84.9 cm³/mol. The molecule has 0 aliphatic carbocycles. The first-order valence-corrected chi connectivity index (χ1v) is 8.45. The highest BCUT2D eigenvalue weighted by Crippen LogP contribution is 2.20. The predicted octanol–water partition coefficient (Wildman–Crippen LogP) is 4.97. The van der Waals surface area contributed by atoms with Crippen LogP contribution in [-0.2, 0) is 0 Å². The Morgan fingerprint density at radius 2 is 1.42 bits per heavy atom. The largest absolute Gasteiger partial charge is 0.359 e. The monoisotopic (exact) mass is 266 g/mol. The van der Waals surface area contributed by atoms with Crippen molar-refractivity contribution in [2.75, 3.05) is 13.6 Å². The molecule has 0 N–H and O–H groups in total. The van der Waals surface area contributed by atoms with Gasteiger partial charge >= 0.3 is 0 Å². The topological polar surface area (TPSA) is 6.48 Å². The molecule has 1 atom stereocenters. The summed E-state index contributed by atoms with van der Waals surface area (Å²) in [6, 6.07) is 0. The Bertz CT molecular complexity index is 237. The SMILES string of the molecule is CCCCCCCN1C=CN(C)C1CCCCCC. The molecular weight excluding hydrogens is 232 g/mol. The van der Waals surface area contributed by atoms with Gasteiger partial charge in [0.15, 0.2) is 0 Å². The van der Waals surface area contributed by atoms with Crippen LogP contribution in [0.3, 0.4) is 0 Å². The number of unbranched alkanes of at least 4 members (excludes halogenated alkanes) is 7. The first kappa shape index (κ1) is 16.4. The highest BCUT2D eigenvalue weighted by atomic mass is 15.4. The third-order valence-corrected chi connectivity index (χ3v) is 4.18. The van der Waals surface area contributed by atoms with Gasteiger partial charge in [-0.2, -0.15) is 0 Å². The summed E-state index contributed by atoms with van der Waals surface area (Å²) in [6.45, 7) is 5.80. The lowest BCUT2D eigenvalue weighted by atomic mass is 10.1. The number of rotatable bonds is 11. The Kier molecular flexibility index (Phi) is 8.77. The van der Waals surface area contributed by atoms with Crippen molar-refractivity contribution in [1.29, 1.82) is 0 Å². The van der Waals surface area contributed by atoms with Crippen LogP contribution < -0.4 is 0 Å². The van der Waals surface area contributed by atoms with Gasteiger partial charge in [-0.05, 0) is 19.3 Å². The van der Waals surface area contributed by atoms with E-state index in [1.54, 1.807) is 0 Å². The van der Waals surface area contributed by atoms with Crippen LogP contribution >= 0.6 is 0 Å². The fourth-order valence-corrected chi connectivity index (χ4v) is 2.87. The number of hydrogen-bond acceptors (Lipinski definition) is 2. The Balaban J connectivity index is 2.17. The van der Waals surface area contributed by atoms with Crippen molar-refractivity contribution in [2.45, 2.75) is 84.2 Å². The molecule has 0 saturated heterocycles. The molecule has 2 heteroatoms.